The number of hydrogen-bond donors (Lipinski definition) is 1. The van der Waals surface area contributed by atoms with Crippen LogP contribution in [0.4, 0.5) is 0 Å². The van der Waals surface area contributed by atoms with E-state index in [2.05, 4.69) is 5.32 Å². The van der Waals surface area contributed by atoms with Crippen LogP contribution in [0.25, 0.3) is 0 Å². The molecule has 0 aliphatic carbocycles. The molecule has 0 aliphatic rings. The van der Waals surface area contributed by atoms with Gasteiger partial charge in [-0.25, -0.2) is 0 Å². The molecule has 2 amide bonds. The van der Waals surface area contributed by atoms with Crippen LogP contribution in [0.15, 0.2) is 48.5 Å². The minimum atomic E-state index is -0.333. The average Bonchev–Trinajstić information content (AvgIpc) is 2.71. The van der Waals surface area contributed by atoms with Gasteiger partial charge in [0, 0.05) is 18.7 Å². The lowest BCUT2D eigenvalue weighted by Crippen LogP contribution is -2.40. The Labute approximate surface area is 160 Å². The quantitative estimate of drug-likeness (QED) is 0.737. The Morgan fingerprint density at radius 3 is 2.33 bits per heavy atom. The molecular weight excluding hydrogens is 344 g/mol. The number of amides is 2. The van der Waals surface area contributed by atoms with Gasteiger partial charge in [0.25, 0.3) is 5.91 Å². The monoisotopic (exact) mass is 370 g/mol. The third-order valence-electron chi connectivity index (χ3n) is 4.11. The van der Waals surface area contributed by atoms with E-state index in [0.717, 1.165) is 12.0 Å². The van der Waals surface area contributed by atoms with Crippen molar-refractivity contribution >= 4 is 11.8 Å². The highest BCUT2D eigenvalue weighted by molar-refractivity contribution is 5.97. The Morgan fingerprint density at radius 1 is 1.00 bits per heavy atom. The zero-order valence-corrected chi connectivity index (χ0v) is 16.0. The number of hydrogen-bond acceptors (Lipinski definition) is 4. The van der Waals surface area contributed by atoms with Crippen molar-refractivity contribution < 1.29 is 19.1 Å². The van der Waals surface area contributed by atoms with Gasteiger partial charge in [-0.15, -0.1) is 0 Å². The number of nitrogens with one attached hydrogen (secondary N) is 1. The van der Waals surface area contributed by atoms with Crippen molar-refractivity contribution in [3.63, 3.8) is 0 Å². The zero-order chi connectivity index (χ0) is 19.6. The summed E-state index contributed by atoms with van der Waals surface area (Å²) in [4.78, 5) is 26.7. The van der Waals surface area contributed by atoms with Crippen LogP contribution in [0.3, 0.4) is 0 Å². The molecule has 2 rings (SSSR count). The number of benzene rings is 2. The summed E-state index contributed by atoms with van der Waals surface area (Å²) in [6, 6.07) is 14.7. The molecule has 0 radical (unpaired) electrons. The molecule has 0 atom stereocenters. The number of carbonyl (C=O) groups excluding carboxylic acids is 2. The molecule has 6 nitrogen and oxygen atoms in total. The Morgan fingerprint density at radius 2 is 1.70 bits per heavy atom. The normalized spacial score (nSPS) is 10.2. The minimum Gasteiger partial charge on any atom is -0.493 e. The van der Waals surface area contributed by atoms with Gasteiger partial charge < -0.3 is 19.7 Å². The van der Waals surface area contributed by atoms with Crippen LogP contribution in [0.5, 0.6) is 11.5 Å². The molecular formula is C21H26N2O4. The standard InChI is InChI=1S/C21H26N2O4/c1-4-12-23(15-16-8-6-5-7-9-16)20(24)14-22-21(25)17-10-11-18(26-2)19(13-17)27-3/h5-11,13H,4,12,14-15H2,1-3H3,(H,22,25). The fraction of sp³-hybridized carbons (Fsp3) is 0.333. The van der Waals surface area contributed by atoms with Crippen molar-refractivity contribution in [2.45, 2.75) is 19.9 Å². The highest BCUT2D eigenvalue weighted by atomic mass is 16.5. The molecule has 0 saturated heterocycles. The Bertz CT molecular complexity index is 762. The van der Waals surface area contributed by atoms with Crippen LogP contribution in [-0.2, 0) is 11.3 Å². The summed E-state index contributed by atoms with van der Waals surface area (Å²) in [5.41, 5.74) is 1.47. The summed E-state index contributed by atoms with van der Waals surface area (Å²) in [6.45, 7) is 3.13. The molecule has 0 bridgehead atoms. The highest BCUT2D eigenvalue weighted by Gasteiger charge is 2.16. The molecule has 2 aromatic carbocycles. The van der Waals surface area contributed by atoms with Gasteiger partial charge in [-0.1, -0.05) is 37.3 Å². The predicted octanol–water partition coefficient (Wildman–Crippen LogP) is 2.87. The molecule has 0 saturated carbocycles. The van der Waals surface area contributed by atoms with Crippen molar-refractivity contribution in [3.05, 3.63) is 59.7 Å². The van der Waals surface area contributed by atoms with Crippen LogP contribution in [-0.4, -0.2) is 44.0 Å². The molecule has 0 aromatic heterocycles. The average molecular weight is 370 g/mol. The SMILES string of the molecule is CCCN(Cc1ccccc1)C(=O)CNC(=O)c1ccc(OC)c(OC)c1. The maximum absolute atomic E-state index is 12.6. The molecule has 0 aliphatic heterocycles. The van der Waals surface area contributed by atoms with E-state index in [-0.39, 0.29) is 18.4 Å². The Balaban J connectivity index is 1.98. The van der Waals surface area contributed by atoms with E-state index in [1.807, 2.05) is 37.3 Å². The van der Waals surface area contributed by atoms with Crippen molar-refractivity contribution in [2.75, 3.05) is 27.3 Å². The smallest absolute Gasteiger partial charge is 0.251 e. The minimum absolute atomic E-state index is 0.0555. The van der Waals surface area contributed by atoms with Crippen molar-refractivity contribution in [1.29, 1.82) is 0 Å². The molecule has 6 heteroatoms. The Kier molecular flexibility index (Phi) is 7.67. The first-order valence-corrected chi connectivity index (χ1v) is 8.91. The molecule has 144 valence electrons. The van der Waals surface area contributed by atoms with Gasteiger partial charge in [0.2, 0.25) is 5.91 Å². The topological polar surface area (TPSA) is 67.9 Å². The van der Waals surface area contributed by atoms with Crippen molar-refractivity contribution in [2.24, 2.45) is 0 Å². The second-order valence-electron chi connectivity index (χ2n) is 6.05. The van der Waals surface area contributed by atoms with Crippen LogP contribution in [0.2, 0.25) is 0 Å². The van der Waals surface area contributed by atoms with Gasteiger partial charge in [0.1, 0.15) is 0 Å². The molecule has 0 spiro atoms. The van der Waals surface area contributed by atoms with E-state index in [4.69, 9.17) is 9.47 Å². The maximum atomic E-state index is 12.6. The zero-order valence-electron chi connectivity index (χ0n) is 16.0. The summed E-state index contributed by atoms with van der Waals surface area (Å²) < 4.78 is 10.4. The summed E-state index contributed by atoms with van der Waals surface area (Å²) in [7, 11) is 3.04. The van der Waals surface area contributed by atoms with Crippen molar-refractivity contribution in [3.8, 4) is 11.5 Å². The van der Waals surface area contributed by atoms with E-state index < -0.39 is 0 Å². The molecule has 0 fully saturated rings. The number of carbonyl (C=O) groups is 2. The first-order chi connectivity index (χ1) is 13.1. The summed E-state index contributed by atoms with van der Waals surface area (Å²) >= 11 is 0. The number of methoxy groups -OCH3 is 2. The first kappa shape index (κ1) is 20.3. The van der Waals surface area contributed by atoms with E-state index in [9.17, 15) is 9.59 Å². The van der Waals surface area contributed by atoms with E-state index in [1.165, 1.54) is 14.2 Å². The lowest BCUT2D eigenvalue weighted by Gasteiger charge is -2.22. The van der Waals surface area contributed by atoms with Crippen LogP contribution < -0.4 is 14.8 Å². The fourth-order valence-corrected chi connectivity index (χ4v) is 2.71. The van der Waals surface area contributed by atoms with Crippen molar-refractivity contribution in [1.82, 2.24) is 10.2 Å². The lowest BCUT2D eigenvalue weighted by molar-refractivity contribution is -0.130. The third kappa shape index (κ3) is 5.74. The number of rotatable bonds is 9. The van der Waals surface area contributed by atoms with Crippen LogP contribution in [0, 0.1) is 0 Å². The summed E-state index contributed by atoms with van der Waals surface area (Å²) in [5, 5.41) is 2.69. The van der Waals surface area contributed by atoms with E-state index in [1.54, 1.807) is 23.1 Å². The molecule has 0 heterocycles. The molecule has 27 heavy (non-hydrogen) atoms. The van der Waals surface area contributed by atoms with Gasteiger partial charge >= 0.3 is 0 Å². The maximum Gasteiger partial charge on any atom is 0.251 e. The molecule has 0 unspecified atom stereocenters. The van der Waals surface area contributed by atoms with E-state index >= 15 is 0 Å². The summed E-state index contributed by atoms with van der Waals surface area (Å²) in [6.07, 6.45) is 0.849. The highest BCUT2D eigenvalue weighted by Crippen LogP contribution is 2.27. The number of nitrogens with zero attached hydrogens (tertiary/aromatic N) is 1. The number of ether oxygens (including phenoxy) is 2. The fourth-order valence-electron chi connectivity index (χ4n) is 2.71. The van der Waals surface area contributed by atoms with Gasteiger partial charge in [0.15, 0.2) is 11.5 Å². The second kappa shape index (κ2) is 10.2. The summed E-state index contributed by atoms with van der Waals surface area (Å²) in [5.74, 6) is 0.560. The van der Waals surface area contributed by atoms with Gasteiger partial charge in [-0.3, -0.25) is 9.59 Å². The largest absolute Gasteiger partial charge is 0.493 e. The van der Waals surface area contributed by atoms with Gasteiger partial charge in [-0.2, -0.15) is 0 Å². The van der Waals surface area contributed by atoms with Crippen LogP contribution >= 0.6 is 0 Å². The predicted molar refractivity (Wildman–Crippen MR) is 104 cm³/mol. The molecule has 1 N–H and O–H groups in total. The van der Waals surface area contributed by atoms with Crippen LogP contribution in [0.1, 0.15) is 29.3 Å². The lowest BCUT2D eigenvalue weighted by atomic mass is 10.2. The molecule has 2 aromatic rings. The second-order valence-corrected chi connectivity index (χ2v) is 6.05. The third-order valence-corrected chi connectivity index (χ3v) is 4.11. The van der Waals surface area contributed by atoms with E-state index in [0.29, 0.717) is 30.2 Å². The first-order valence-electron chi connectivity index (χ1n) is 8.91. The van der Waals surface area contributed by atoms with Gasteiger partial charge in [-0.05, 0) is 30.2 Å². The Hall–Kier alpha value is -3.02. The van der Waals surface area contributed by atoms with Gasteiger partial charge in [0.05, 0.1) is 20.8 Å².